The average Bonchev–Trinajstić information content (AvgIpc) is 2.72. The summed E-state index contributed by atoms with van der Waals surface area (Å²) in [4.78, 5) is 0. The maximum absolute atomic E-state index is 10.1. The molecule has 0 aromatic carbocycles. The molecule has 0 saturated heterocycles. The highest BCUT2D eigenvalue weighted by molar-refractivity contribution is 4.83. The maximum Gasteiger partial charge on any atom is 0.0765 e. The van der Waals surface area contributed by atoms with Crippen LogP contribution in [0.5, 0.6) is 0 Å². The van der Waals surface area contributed by atoms with Crippen LogP contribution in [0.25, 0.3) is 0 Å². The van der Waals surface area contributed by atoms with E-state index in [0.29, 0.717) is 25.6 Å². The fourth-order valence-electron chi connectivity index (χ4n) is 2.41. The molecule has 2 N–H and O–H groups in total. The number of hydrogen-bond donors (Lipinski definition) is 2. The zero-order valence-corrected chi connectivity index (χ0v) is 11.0. The molecule has 3 heteroatoms. The Bertz CT molecular complexity index is 194. The van der Waals surface area contributed by atoms with Crippen molar-refractivity contribution in [2.75, 3.05) is 20.3 Å². The number of rotatable bonds is 7. The number of methoxy groups -OCH3 is 1. The summed E-state index contributed by atoms with van der Waals surface area (Å²) in [7, 11) is 1.67. The SMILES string of the molecule is CCC1CCC(NCC(C)(O)CCOC)C1. The largest absolute Gasteiger partial charge is 0.389 e. The van der Waals surface area contributed by atoms with Gasteiger partial charge in [0.2, 0.25) is 0 Å². The standard InChI is InChI=1S/C13H27NO2/c1-4-11-5-6-12(9-11)14-10-13(2,15)7-8-16-3/h11-12,14-15H,4-10H2,1-3H3. The first kappa shape index (κ1) is 13.9. The van der Waals surface area contributed by atoms with Gasteiger partial charge >= 0.3 is 0 Å². The lowest BCUT2D eigenvalue weighted by atomic mass is 10.0. The van der Waals surface area contributed by atoms with Gasteiger partial charge < -0.3 is 15.2 Å². The minimum Gasteiger partial charge on any atom is -0.389 e. The maximum atomic E-state index is 10.1. The van der Waals surface area contributed by atoms with Crippen molar-refractivity contribution in [2.24, 2.45) is 5.92 Å². The van der Waals surface area contributed by atoms with Crippen molar-refractivity contribution >= 4 is 0 Å². The summed E-state index contributed by atoms with van der Waals surface area (Å²) >= 11 is 0. The van der Waals surface area contributed by atoms with E-state index in [9.17, 15) is 5.11 Å². The van der Waals surface area contributed by atoms with Gasteiger partial charge in [-0.05, 0) is 32.1 Å². The molecule has 0 bridgehead atoms. The van der Waals surface area contributed by atoms with Crippen LogP contribution in [0.4, 0.5) is 0 Å². The van der Waals surface area contributed by atoms with Gasteiger partial charge in [0.05, 0.1) is 5.60 Å². The number of aliphatic hydroxyl groups is 1. The molecular weight excluding hydrogens is 202 g/mol. The second-order valence-corrected chi connectivity index (χ2v) is 5.40. The molecule has 0 radical (unpaired) electrons. The molecule has 1 saturated carbocycles. The van der Waals surface area contributed by atoms with Crippen molar-refractivity contribution < 1.29 is 9.84 Å². The van der Waals surface area contributed by atoms with E-state index in [4.69, 9.17) is 4.74 Å². The van der Waals surface area contributed by atoms with Crippen molar-refractivity contribution in [2.45, 2.75) is 57.6 Å². The first-order valence-corrected chi connectivity index (χ1v) is 6.52. The van der Waals surface area contributed by atoms with Crippen LogP contribution in [-0.2, 0) is 4.74 Å². The number of nitrogens with one attached hydrogen (secondary N) is 1. The van der Waals surface area contributed by atoms with Crippen LogP contribution >= 0.6 is 0 Å². The van der Waals surface area contributed by atoms with Crippen LogP contribution in [-0.4, -0.2) is 37.0 Å². The lowest BCUT2D eigenvalue weighted by Gasteiger charge is -2.25. The average molecular weight is 229 g/mol. The van der Waals surface area contributed by atoms with Crippen LogP contribution < -0.4 is 5.32 Å². The van der Waals surface area contributed by atoms with Crippen LogP contribution in [0.3, 0.4) is 0 Å². The molecule has 0 spiro atoms. The quantitative estimate of drug-likeness (QED) is 0.701. The number of hydrogen-bond acceptors (Lipinski definition) is 3. The molecule has 0 aliphatic heterocycles. The zero-order chi connectivity index (χ0) is 12.0. The molecule has 16 heavy (non-hydrogen) atoms. The van der Waals surface area contributed by atoms with Gasteiger partial charge in [-0.25, -0.2) is 0 Å². The molecule has 1 aliphatic rings. The molecule has 3 nitrogen and oxygen atoms in total. The summed E-state index contributed by atoms with van der Waals surface area (Å²) < 4.78 is 5.00. The van der Waals surface area contributed by atoms with Crippen molar-refractivity contribution in [3.8, 4) is 0 Å². The Morgan fingerprint density at radius 1 is 1.44 bits per heavy atom. The summed E-state index contributed by atoms with van der Waals surface area (Å²) in [5.41, 5.74) is -0.639. The molecule has 1 aliphatic carbocycles. The van der Waals surface area contributed by atoms with Crippen LogP contribution in [0, 0.1) is 5.92 Å². The highest BCUT2D eigenvalue weighted by Gasteiger charge is 2.26. The van der Waals surface area contributed by atoms with E-state index in [1.807, 2.05) is 6.92 Å². The molecule has 0 heterocycles. The van der Waals surface area contributed by atoms with Crippen molar-refractivity contribution in [1.82, 2.24) is 5.32 Å². The van der Waals surface area contributed by atoms with Gasteiger partial charge in [-0.15, -0.1) is 0 Å². The van der Waals surface area contributed by atoms with Gasteiger partial charge in [-0.1, -0.05) is 13.3 Å². The van der Waals surface area contributed by atoms with Gasteiger partial charge in [0.25, 0.3) is 0 Å². The Balaban J connectivity index is 2.18. The predicted molar refractivity (Wildman–Crippen MR) is 66.5 cm³/mol. The fraction of sp³-hybridized carbons (Fsp3) is 1.00. The van der Waals surface area contributed by atoms with E-state index in [-0.39, 0.29) is 0 Å². The first-order chi connectivity index (χ1) is 7.57. The second-order valence-electron chi connectivity index (χ2n) is 5.40. The Hall–Kier alpha value is -0.120. The van der Waals surface area contributed by atoms with Gasteiger partial charge in [0.1, 0.15) is 0 Å². The summed E-state index contributed by atoms with van der Waals surface area (Å²) in [5.74, 6) is 0.890. The van der Waals surface area contributed by atoms with Gasteiger partial charge in [-0.3, -0.25) is 0 Å². The van der Waals surface area contributed by atoms with Crippen LogP contribution in [0.15, 0.2) is 0 Å². The number of ether oxygens (including phenoxy) is 1. The monoisotopic (exact) mass is 229 g/mol. The topological polar surface area (TPSA) is 41.5 Å². The van der Waals surface area contributed by atoms with E-state index in [2.05, 4.69) is 12.2 Å². The van der Waals surface area contributed by atoms with Crippen LogP contribution in [0.1, 0.15) is 46.0 Å². The van der Waals surface area contributed by atoms with Crippen LogP contribution in [0.2, 0.25) is 0 Å². The summed E-state index contributed by atoms with van der Waals surface area (Å²) in [6.07, 6.45) is 5.86. The lowest BCUT2D eigenvalue weighted by molar-refractivity contribution is 0.0228. The first-order valence-electron chi connectivity index (χ1n) is 6.52. The highest BCUT2D eigenvalue weighted by atomic mass is 16.5. The molecule has 96 valence electrons. The van der Waals surface area contributed by atoms with E-state index in [0.717, 1.165) is 5.92 Å². The van der Waals surface area contributed by atoms with Crippen molar-refractivity contribution in [1.29, 1.82) is 0 Å². The summed E-state index contributed by atoms with van der Waals surface area (Å²) in [6, 6.07) is 0.610. The van der Waals surface area contributed by atoms with E-state index < -0.39 is 5.60 Å². The zero-order valence-electron chi connectivity index (χ0n) is 11.0. The highest BCUT2D eigenvalue weighted by Crippen LogP contribution is 2.28. The molecular formula is C13H27NO2. The van der Waals surface area contributed by atoms with E-state index in [1.54, 1.807) is 7.11 Å². The Morgan fingerprint density at radius 3 is 2.75 bits per heavy atom. The third-order valence-corrected chi connectivity index (χ3v) is 3.73. The molecule has 0 aromatic heterocycles. The molecule has 3 atom stereocenters. The molecule has 1 rings (SSSR count). The van der Waals surface area contributed by atoms with Gasteiger partial charge in [-0.2, -0.15) is 0 Å². The van der Waals surface area contributed by atoms with Gasteiger partial charge in [0, 0.05) is 32.7 Å². The minimum atomic E-state index is -0.639. The Labute approximate surface area is 99.6 Å². The van der Waals surface area contributed by atoms with Crippen molar-refractivity contribution in [3.05, 3.63) is 0 Å². The molecule has 1 fully saturated rings. The third kappa shape index (κ3) is 4.81. The van der Waals surface area contributed by atoms with E-state index in [1.165, 1.54) is 25.7 Å². The lowest BCUT2D eigenvalue weighted by Crippen LogP contribution is -2.42. The summed E-state index contributed by atoms with van der Waals surface area (Å²) in [5, 5.41) is 13.6. The third-order valence-electron chi connectivity index (χ3n) is 3.73. The van der Waals surface area contributed by atoms with Crippen molar-refractivity contribution in [3.63, 3.8) is 0 Å². The molecule has 0 amide bonds. The van der Waals surface area contributed by atoms with E-state index >= 15 is 0 Å². The smallest absolute Gasteiger partial charge is 0.0765 e. The Kier molecular flexibility index (Phi) is 5.73. The minimum absolute atomic E-state index is 0.610. The summed E-state index contributed by atoms with van der Waals surface area (Å²) in [6.45, 7) is 5.45. The second kappa shape index (κ2) is 6.58. The Morgan fingerprint density at radius 2 is 2.19 bits per heavy atom. The normalized spacial score (nSPS) is 29.2. The molecule has 3 unspecified atom stereocenters. The van der Waals surface area contributed by atoms with Gasteiger partial charge in [0.15, 0.2) is 0 Å². The molecule has 0 aromatic rings. The predicted octanol–water partition coefficient (Wildman–Crippen LogP) is 1.94. The fourth-order valence-corrected chi connectivity index (χ4v) is 2.41.